The smallest absolute Gasteiger partial charge is 0.141 e. The SMILES string of the molecule is NC(=Nc1ccc(CCNCc2ccc(Cl)cc2)cc1)c1cccs1. The first-order valence-corrected chi connectivity index (χ1v) is 9.38. The molecule has 0 aliphatic heterocycles. The zero-order valence-electron chi connectivity index (χ0n) is 13.8. The summed E-state index contributed by atoms with van der Waals surface area (Å²) in [5.74, 6) is 0.562. The van der Waals surface area contributed by atoms with Crippen LogP contribution in [0.3, 0.4) is 0 Å². The highest BCUT2D eigenvalue weighted by molar-refractivity contribution is 7.12. The normalized spacial score (nSPS) is 11.6. The van der Waals surface area contributed by atoms with E-state index in [1.54, 1.807) is 11.3 Å². The Morgan fingerprint density at radius 3 is 2.40 bits per heavy atom. The molecule has 0 aliphatic rings. The number of nitrogens with two attached hydrogens (primary N) is 1. The maximum absolute atomic E-state index is 6.01. The summed E-state index contributed by atoms with van der Waals surface area (Å²) >= 11 is 7.48. The van der Waals surface area contributed by atoms with Crippen molar-refractivity contribution >= 4 is 34.5 Å². The monoisotopic (exact) mass is 369 g/mol. The number of amidine groups is 1. The largest absolute Gasteiger partial charge is 0.383 e. The van der Waals surface area contributed by atoms with E-state index in [4.69, 9.17) is 17.3 Å². The first-order chi connectivity index (χ1) is 12.2. The van der Waals surface area contributed by atoms with Crippen LogP contribution in [-0.2, 0) is 13.0 Å². The van der Waals surface area contributed by atoms with Gasteiger partial charge in [-0.1, -0.05) is 41.9 Å². The van der Waals surface area contributed by atoms with E-state index in [1.165, 1.54) is 11.1 Å². The minimum absolute atomic E-state index is 0.562. The van der Waals surface area contributed by atoms with Crippen LogP contribution in [0.4, 0.5) is 5.69 Å². The van der Waals surface area contributed by atoms with Crippen LogP contribution >= 0.6 is 22.9 Å². The lowest BCUT2D eigenvalue weighted by Crippen LogP contribution is -2.16. The summed E-state index contributed by atoms with van der Waals surface area (Å²) < 4.78 is 0. The molecular weight excluding hydrogens is 350 g/mol. The third kappa shape index (κ3) is 5.43. The van der Waals surface area contributed by atoms with Crippen molar-refractivity contribution in [1.82, 2.24) is 5.32 Å². The van der Waals surface area contributed by atoms with Gasteiger partial charge in [0.25, 0.3) is 0 Å². The summed E-state index contributed by atoms with van der Waals surface area (Å²) in [6.07, 6.45) is 0.970. The average Bonchev–Trinajstić information content (AvgIpc) is 3.16. The van der Waals surface area contributed by atoms with Crippen LogP contribution in [-0.4, -0.2) is 12.4 Å². The molecule has 0 atom stereocenters. The first kappa shape index (κ1) is 17.7. The Balaban J connectivity index is 1.47. The molecule has 128 valence electrons. The Bertz CT molecular complexity index is 809. The molecule has 0 unspecified atom stereocenters. The highest BCUT2D eigenvalue weighted by Gasteiger charge is 2.00. The van der Waals surface area contributed by atoms with E-state index in [0.717, 1.165) is 35.1 Å². The van der Waals surface area contributed by atoms with Crippen molar-refractivity contribution < 1.29 is 0 Å². The van der Waals surface area contributed by atoms with Crippen molar-refractivity contribution in [2.24, 2.45) is 10.7 Å². The molecule has 0 saturated heterocycles. The zero-order valence-corrected chi connectivity index (χ0v) is 15.4. The van der Waals surface area contributed by atoms with Crippen LogP contribution in [0.15, 0.2) is 71.0 Å². The number of nitrogens with one attached hydrogen (secondary N) is 1. The molecule has 0 amide bonds. The van der Waals surface area contributed by atoms with Crippen LogP contribution in [0.2, 0.25) is 5.02 Å². The standard InChI is InChI=1S/C20H20ClN3S/c21-17-7-3-16(4-8-17)14-23-12-11-15-5-9-18(10-6-15)24-20(22)19-2-1-13-25-19/h1-10,13,23H,11-12,14H2,(H2,22,24). The molecule has 1 heterocycles. The van der Waals surface area contributed by atoms with Crippen LogP contribution in [0.1, 0.15) is 16.0 Å². The average molecular weight is 370 g/mol. The van der Waals surface area contributed by atoms with Crippen LogP contribution in [0, 0.1) is 0 Å². The van der Waals surface area contributed by atoms with Gasteiger partial charge in [-0.2, -0.15) is 0 Å². The number of rotatable bonds is 7. The van der Waals surface area contributed by atoms with Gasteiger partial charge in [0, 0.05) is 11.6 Å². The third-order valence-corrected chi connectivity index (χ3v) is 4.94. The van der Waals surface area contributed by atoms with Crippen molar-refractivity contribution in [2.75, 3.05) is 6.54 Å². The van der Waals surface area contributed by atoms with Gasteiger partial charge in [-0.15, -0.1) is 11.3 Å². The summed E-state index contributed by atoms with van der Waals surface area (Å²) in [5, 5.41) is 6.21. The van der Waals surface area contributed by atoms with Crippen LogP contribution in [0.25, 0.3) is 0 Å². The molecule has 5 heteroatoms. The molecule has 3 rings (SSSR count). The van der Waals surface area contributed by atoms with Gasteiger partial charge in [-0.3, -0.25) is 0 Å². The molecule has 3 N–H and O–H groups in total. The second-order valence-electron chi connectivity index (χ2n) is 5.69. The summed E-state index contributed by atoms with van der Waals surface area (Å²) in [4.78, 5) is 5.46. The van der Waals surface area contributed by atoms with Crippen LogP contribution < -0.4 is 11.1 Å². The Hall–Kier alpha value is -2.14. The third-order valence-electron chi connectivity index (χ3n) is 3.79. The molecule has 0 spiro atoms. The van der Waals surface area contributed by atoms with Crippen molar-refractivity contribution in [3.8, 4) is 0 Å². The van der Waals surface area contributed by atoms with E-state index in [-0.39, 0.29) is 0 Å². The molecular formula is C20H20ClN3S. The van der Waals surface area contributed by atoms with E-state index in [0.29, 0.717) is 5.84 Å². The maximum Gasteiger partial charge on any atom is 0.141 e. The summed E-state index contributed by atoms with van der Waals surface area (Å²) in [5.41, 5.74) is 9.40. The van der Waals surface area contributed by atoms with Crippen molar-refractivity contribution in [1.29, 1.82) is 0 Å². The molecule has 0 saturated carbocycles. The van der Waals surface area contributed by atoms with E-state index in [2.05, 4.69) is 22.4 Å². The number of nitrogens with zero attached hydrogens (tertiary/aromatic N) is 1. The molecule has 3 nitrogen and oxygen atoms in total. The molecule has 0 radical (unpaired) electrons. The highest BCUT2D eigenvalue weighted by Crippen LogP contribution is 2.16. The number of hydrogen-bond donors (Lipinski definition) is 2. The van der Waals surface area contributed by atoms with Gasteiger partial charge in [-0.05, 0) is 59.8 Å². The Kier molecular flexibility index (Phi) is 6.23. The highest BCUT2D eigenvalue weighted by atomic mass is 35.5. The summed E-state index contributed by atoms with van der Waals surface area (Å²) in [6, 6.07) is 20.1. The number of halogens is 1. The topological polar surface area (TPSA) is 50.4 Å². The van der Waals surface area contributed by atoms with E-state index < -0.39 is 0 Å². The van der Waals surface area contributed by atoms with Gasteiger partial charge >= 0.3 is 0 Å². The lowest BCUT2D eigenvalue weighted by atomic mass is 10.1. The fourth-order valence-corrected chi connectivity index (χ4v) is 3.18. The number of hydrogen-bond acceptors (Lipinski definition) is 3. The fourth-order valence-electron chi connectivity index (χ4n) is 2.42. The first-order valence-electron chi connectivity index (χ1n) is 8.13. The molecule has 2 aromatic carbocycles. The summed E-state index contributed by atoms with van der Waals surface area (Å²) in [7, 11) is 0. The number of thiophene rings is 1. The zero-order chi connectivity index (χ0) is 17.5. The predicted molar refractivity (Wildman–Crippen MR) is 108 cm³/mol. The van der Waals surface area contributed by atoms with Gasteiger partial charge < -0.3 is 11.1 Å². The second kappa shape index (κ2) is 8.81. The van der Waals surface area contributed by atoms with Crippen molar-refractivity contribution in [2.45, 2.75) is 13.0 Å². The van der Waals surface area contributed by atoms with E-state index in [1.807, 2.05) is 53.9 Å². The molecule has 1 aromatic heterocycles. The van der Waals surface area contributed by atoms with E-state index >= 15 is 0 Å². The Morgan fingerprint density at radius 2 is 1.72 bits per heavy atom. The van der Waals surface area contributed by atoms with Crippen molar-refractivity contribution in [3.63, 3.8) is 0 Å². The van der Waals surface area contributed by atoms with Gasteiger partial charge in [0.1, 0.15) is 5.84 Å². The van der Waals surface area contributed by atoms with Crippen LogP contribution in [0.5, 0.6) is 0 Å². The van der Waals surface area contributed by atoms with Gasteiger partial charge in [0.15, 0.2) is 0 Å². The molecule has 0 bridgehead atoms. The number of aliphatic imine (C=N–C) groups is 1. The quantitative estimate of drug-likeness (QED) is 0.358. The van der Waals surface area contributed by atoms with Gasteiger partial charge in [0.2, 0.25) is 0 Å². The predicted octanol–water partition coefficient (Wildman–Crippen LogP) is 4.77. The van der Waals surface area contributed by atoms with Gasteiger partial charge in [-0.25, -0.2) is 4.99 Å². The maximum atomic E-state index is 6.01. The van der Waals surface area contributed by atoms with E-state index in [9.17, 15) is 0 Å². The molecule has 0 fully saturated rings. The Morgan fingerprint density at radius 1 is 1.00 bits per heavy atom. The minimum Gasteiger partial charge on any atom is -0.383 e. The molecule has 25 heavy (non-hydrogen) atoms. The summed E-state index contributed by atoms with van der Waals surface area (Å²) in [6.45, 7) is 1.76. The van der Waals surface area contributed by atoms with Crippen molar-refractivity contribution in [3.05, 3.63) is 87.1 Å². The number of benzene rings is 2. The fraction of sp³-hybridized carbons (Fsp3) is 0.150. The molecule has 0 aliphatic carbocycles. The lowest BCUT2D eigenvalue weighted by Gasteiger charge is -2.06. The molecule has 3 aromatic rings. The second-order valence-corrected chi connectivity index (χ2v) is 7.08. The minimum atomic E-state index is 0.562. The Labute approximate surface area is 157 Å². The lowest BCUT2D eigenvalue weighted by molar-refractivity contribution is 0.687. The van der Waals surface area contributed by atoms with Gasteiger partial charge in [0.05, 0.1) is 10.6 Å².